The Hall–Kier alpha value is -1.76. The van der Waals surface area contributed by atoms with Crippen LogP contribution < -0.4 is 9.04 Å². The van der Waals surface area contributed by atoms with Gasteiger partial charge < -0.3 is 9.64 Å². The fraction of sp³-hybridized carbons (Fsp3) is 0.588. The summed E-state index contributed by atoms with van der Waals surface area (Å²) in [4.78, 5) is 14.4. The Bertz CT molecular complexity index is 650. The van der Waals surface area contributed by atoms with Gasteiger partial charge in [0, 0.05) is 20.1 Å². The Balaban J connectivity index is 1.98. The van der Waals surface area contributed by atoms with E-state index in [9.17, 15) is 13.2 Å². The molecular weight excluding hydrogens is 328 g/mol. The zero-order valence-corrected chi connectivity index (χ0v) is 15.4. The second-order valence-electron chi connectivity index (χ2n) is 6.22. The Morgan fingerprint density at radius 2 is 1.67 bits per heavy atom. The van der Waals surface area contributed by atoms with Gasteiger partial charge in [-0.25, -0.2) is 8.42 Å². The molecule has 134 valence electrons. The highest BCUT2D eigenvalue weighted by atomic mass is 32.2. The highest BCUT2D eigenvalue weighted by Crippen LogP contribution is 2.21. The maximum Gasteiger partial charge on any atom is 0.263 e. The van der Waals surface area contributed by atoms with Crippen molar-refractivity contribution in [3.8, 4) is 5.75 Å². The topological polar surface area (TPSA) is 66.9 Å². The molecule has 6 nitrogen and oxygen atoms in total. The molecule has 1 aromatic carbocycles. The molecule has 1 amide bonds. The van der Waals surface area contributed by atoms with Gasteiger partial charge in [0.15, 0.2) is 6.10 Å². The second kappa shape index (κ2) is 7.88. The smallest absolute Gasteiger partial charge is 0.263 e. The summed E-state index contributed by atoms with van der Waals surface area (Å²) in [5, 5.41) is 0. The molecule has 0 unspecified atom stereocenters. The predicted octanol–water partition coefficient (Wildman–Crippen LogP) is 2.25. The molecule has 0 N–H and O–H groups in total. The Labute approximate surface area is 144 Å². The van der Waals surface area contributed by atoms with E-state index in [4.69, 9.17) is 4.74 Å². The predicted molar refractivity (Wildman–Crippen MR) is 94.8 cm³/mol. The quantitative estimate of drug-likeness (QED) is 0.813. The summed E-state index contributed by atoms with van der Waals surface area (Å²) in [5.41, 5.74) is 0.552. The SMILES string of the molecule is C[C@H](Oc1ccc(N(C)S(C)(=O)=O)cc1)C(=O)N1CCCCCC1. The van der Waals surface area contributed by atoms with Gasteiger partial charge in [-0.05, 0) is 44.0 Å². The van der Waals surface area contributed by atoms with E-state index in [1.165, 1.54) is 24.2 Å². The molecule has 0 spiro atoms. The normalized spacial score (nSPS) is 17.0. The van der Waals surface area contributed by atoms with Crippen LogP contribution in [-0.4, -0.2) is 51.7 Å². The van der Waals surface area contributed by atoms with Crippen molar-refractivity contribution in [1.29, 1.82) is 0 Å². The first-order valence-corrected chi connectivity index (χ1v) is 10.1. The summed E-state index contributed by atoms with van der Waals surface area (Å²) in [6.45, 7) is 3.35. The van der Waals surface area contributed by atoms with Crippen LogP contribution in [0.15, 0.2) is 24.3 Å². The van der Waals surface area contributed by atoms with E-state index in [1.807, 2.05) is 4.90 Å². The van der Waals surface area contributed by atoms with E-state index >= 15 is 0 Å². The van der Waals surface area contributed by atoms with Crippen LogP contribution in [0.3, 0.4) is 0 Å². The van der Waals surface area contributed by atoms with Gasteiger partial charge in [0.2, 0.25) is 10.0 Å². The lowest BCUT2D eigenvalue weighted by atomic mass is 10.2. The third-order valence-corrected chi connectivity index (χ3v) is 5.48. The molecule has 24 heavy (non-hydrogen) atoms. The van der Waals surface area contributed by atoms with E-state index in [1.54, 1.807) is 31.2 Å². The molecule has 1 aliphatic rings. The van der Waals surface area contributed by atoms with Gasteiger partial charge in [0.05, 0.1) is 11.9 Å². The lowest BCUT2D eigenvalue weighted by molar-refractivity contribution is -0.137. The standard InChI is InChI=1S/C17H26N2O4S/c1-14(17(20)19-12-6-4-5-7-13-19)23-16-10-8-15(9-11-16)18(2)24(3,21)22/h8-11,14H,4-7,12-13H2,1-3H3/t14-/m0/s1. The van der Waals surface area contributed by atoms with E-state index < -0.39 is 16.1 Å². The highest BCUT2D eigenvalue weighted by Gasteiger charge is 2.23. The van der Waals surface area contributed by atoms with Crippen molar-refractivity contribution in [2.45, 2.75) is 38.7 Å². The largest absolute Gasteiger partial charge is 0.481 e. The van der Waals surface area contributed by atoms with Crippen molar-refractivity contribution in [3.63, 3.8) is 0 Å². The van der Waals surface area contributed by atoms with Crippen LogP contribution in [0.5, 0.6) is 5.75 Å². The third-order valence-electron chi connectivity index (χ3n) is 4.28. The molecule has 1 aromatic rings. The van der Waals surface area contributed by atoms with E-state index in [2.05, 4.69) is 0 Å². The summed E-state index contributed by atoms with van der Waals surface area (Å²) in [6.07, 6.45) is 5.04. The lowest BCUT2D eigenvalue weighted by Gasteiger charge is -2.24. The molecule has 1 aliphatic heterocycles. The summed E-state index contributed by atoms with van der Waals surface area (Å²) in [7, 11) is -1.79. The van der Waals surface area contributed by atoms with Crippen LogP contribution >= 0.6 is 0 Å². The van der Waals surface area contributed by atoms with Crippen LogP contribution in [0, 0.1) is 0 Å². The maximum absolute atomic E-state index is 12.5. The van der Waals surface area contributed by atoms with Crippen LogP contribution in [-0.2, 0) is 14.8 Å². The van der Waals surface area contributed by atoms with Crippen LogP contribution in [0.2, 0.25) is 0 Å². The minimum atomic E-state index is -3.29. The molecule has 0 saturated carbocycles. The minimum absolute atomic E-state index is 0.00855. The van der Waals surface area contributed by atoms with Gasteiger partial charge in [0.25, 0.3) is 5.91 Å². The van der Waals surface area contributed by atoms with Gasteiger partial charge in [-0.15, -0.1) is 0 Å². The molecule has 7 heteroatoms. The average molecular weight is 354 g/mol. The van der Waals surface area contributed by atoms with Gasteiger partial charge in [-0.1, -0.05) is 12.8 Å². The van der Waals surface area contributed by atoms with Crippen LogP contribution in [0.25, 0.3) is 0 Å². The number of amides is 1. The van der Waals surface area contributed by atoms with Crippen LogP contribution in [0.1, 0.15) is 32.6 Å². The third kappa shape index (κ3) is 4.87. The summed E-state index contributed by atoms with van der Waals surface area (Å²) in [6, 6.07) is 6.70. The number of sulfonamides is 1. The second-order valence-corrected chi connectivity index (χ2v) is 8.24. The molecule has 0 bridgehead atoms. The van der Waals surface area contributed by atoms with E-state index in [0.717, 1.165) is 32.2 Å². The number of likely N-dealkylation sites (tertiary alicyclic amines) is 1. The fourth-order valence-corrected chi connectivity index (χ4v) is 3.23. The Morgan fingerprint density at radius 1 is 1.12 bits per heavy atom. The summed E-state index contributed by atoms with van der Waals surface area (Å²) < 4.78 is 30.0. The number of benzene rings is 1. The molecule has 1 atom stereocenters. The summed E-state index contributed by atoms with van der Waals surface area (Å²) >= 11 is 0. The number of nitrogens with zero attached hydrogens (tertiary/aromatic N) is 2. The number of rotatable bonds is 5. The zero-order chi connectivity index (χ0) is 17.7. The summed E-state index contributed by atoms with van der Waals surface area (Å²) in [5.74, 6) is 0.561. The van der Waals surface area contributed by atoms with Gasteiger partial charge >= 0.3 is 0 Å². The molecular formula is C17H26N2O4S. The number of hydrogen-bond acceptors (Lipinski definition) is 4. The maximum atomic E-state index is 12.5. The molecule has 1 fully saturated rings. The molecule has 1 heterocycles. The molecule has 0 radical (unpaired) electrons. The Morgan fingerprint density at radius 3 is 2.17 bits per heavy atom. The Kier molecular flexibility index (Phi) is 6.10. The number of hydrogen-bond donors (Lipinski definition) is 0. The van der Waals surface area contributed by atoms with Gasteiger partial charge in [-0.3, -0.25) is 9.10 Å². The fourth-order valence-electron chi connectivity index (χ4n) is 2.73. The van der Waals surface area contributed by atoms with Crippen molar-refractivity contribution in [2.75, 3.05) is 30.7 Å². The zero-order valence-electron chi connectivity index (χ0n) is 14.6. The number of carbonyl (C=O) groups is 1. The molecule has 0 aromatic heterocycles. The van der Waals surface area contributed by atoms with E-state index in [-0.39, 0.29) is 5.91 Å². The number of anilines is 1. The van der Waals surface area contributed by atoms with Gasteiger partial charge in [0.1, 0.15) is 5.75 Å². The van der Waals surface area contributed by atoms with Gasteiger partial charge in [-0.2, -0.15) is 0 Å². The molecule has 0 aliphatic carbocycles. The molecule has 1 saturated heterocycles. The first-order chi connectivity index (χ1) is 11.3. The first-order valence-electron chi connectivity index (χ1n) is 8.28. The lowest BCUT2D eigenvalue weighted by Crippen LogP contribution is -2.41. The number of ether oxygens (including phenoxy) is 1. The van der Waals surface area contributed by atoms with Crippen molar-refractivity contribution in [1.82, 2.24) is 4.90 Å². The van der Waals surface area contributed by atoms with Crippen molar-refractivity contribution in [2.24, 2.45) is 0 Å². The van der Waals surface area contributed by atoms with Crippen LogP contribution in [0.4, 0.5) is 5.69 Å². The van der Waals surface area contributed by atoms with Crippen molar-refractivity contribution < 1.29 is 17.9 Å². The average Bonchev–Trinajstić information content (AvgIpc) is 2.82. The highest BCUT2D eigenvalue weighted by molar-refractivity contribution is 7.92. The monoisotopic (exact) mass is 354 g/mol. The van der Waals surface area contributed by atoms with E-state index in [0.29, 0.717) is 11.4 Å². The number of carbonyl (C=O) groups excluding carboxylic acids is 1. The van der Waals surface area contributed by atoms with Crippen molar-refractivity contribution in [3.05, 3.63) is 24.3 Å². The first kappa shape index (κ1) is 18.6. The minimum Gasteiger partial charge on any atom is -0.481 e. The molecule has 2 rings (SSSR count). The van der Waals surface area contributed by atoms with Crippen molar-refractivity contribution >= 4 is 21.6 Å².